The van der Waals surface area contributed by atoms with Crippen LogP contribution in [0.1, 0.15) is 30.5 Å². The smallest absolute Gasteiger partial charge is 0.241 e. The zero-order valence-electron chi connectivity index (χ0n) is 11.8. The topological polar surface area (TPSA) is 55.4 Å². The lowest BCUT2D eigenvalue weighted by molar-refractivity contribution is 0.407. The van der Waals surface area contributed by atoms with E-state index in [1.807, 2.05) is 13.8 Å². The zero-order chi connectivity index (χ0) is 14.1. The fourth-order valence-corrected chi connectivity index (χ4v) is 3.62. The van der Waals surface area contributed by atoms with Gasteiger partial charge in [0.1, 0.15) is 5.75 Å². The van der Waals surface area contributed by atoms with Crippen LogP contribution in [0, 0.1) is 20.8 Å². The van der Waals surface area contributed by atoms with Crippen LogP contribution in [0.5, 0.6) is 5.75 Å². The highest BCUT2D eigenvalue weighted by Gasteiger charge is 2.21. The number of hydrogen-bond acceptors (Lipinski definition) is 3. The molecule has 0 aromatic heterocycles. The van der Waals surface area contributed by atoms with Gasteiger partial charge in [-0.1, -0.05) is 0 Å². The Bertz CT molecular complexity index is 548. The molecule has 0 amide bonds. The number of sulfonamides is 1. The lowest BCUT2D eigenvalue weighted by Crippen LogP contribution is -2.31. The molecule has 0 unspecified atom stereocenters. The van der Waals surface area contributed by atoms with Gasteiger partial charge in [0.15, 0.2) is 0 Å². The quantitative estimate of drug-likeness (QED) is 0.914. The molecule has 0 saturated carbocycles. The van der Waals surface area contributed by atoms with E-state index < -0.39 is 10.0 Å². The number of nitrogens with one attached hydrogen (secondary N) is 1. The van der Waals surface area contributed by atoms with Crippen LogP contribution in [0.25, 0.3) is 0 Å². The van der Waals surface area contributed by atoms with E-state index in [0.717, 1.165) is 22.4 Å². The van der Waals surface area contributed by atoms with Crippen molar-refractivity contribution in [2.75, 3.05) is 7.11 Å². The normalized spacial score (nSPS) is 11.9. The lowest BCUT2D eigenvalue weighted by atomic mass is 10.1. The van der Waals surface area contributed by atoms with Gasteiger partial charge in [-0.25, -0.2) is 13.1 Å². The van der Waals surface area contributed by atoms with Gasteiger partial charge in [0.05, 0.1) is 12.0 Å². The van der Waals surface area contributed by atoms with Crippen molar-refractivity contribution in [3.8, 4) is 5.75 Å². The Kier molecular flexibility index (Phi) is 4.40. The molecule has 5 heteroatoms. The summed E-state index contributed by atoms with van der Waals surface area (Å²) in [5, 5.41) is 0. The highest BCUT2D eigenvalue weighted by molar-refractivity contribution is 7.89. The molecule has 4 nitrogen and oxygen atoms in total. The highest BCUT2D eigenvalue weighted by Crippen LogP contribution is 2.30. The Balaban J connectivity index is 3.45. The van der Waals surface area contributed by atoms with Gasteiger partial charge in [-0.2, -0.15) is 0 Å². The van der Waals surface area contributed by atoms with Gasteiger partial charge >= 0.3 is 0 Å². The maximum absolute atomic E-state index is 12.2. The van der Waals surface area contributed by atoms with Gasteiger partial charge in [-0.15, -0.1) is 0 Å². The molecule has 0 spiro atoms. The molecule has 0 radical (unpaired) electrons. The van der Waals surface area contributed by atoms with Crippen LogP contribution in [-0.2, 0) is 10.0 Å². The van der Waals surface area contributed by atoms with Gasteiger partial charge in [0.2, 0.25) is 10.0 Å². The van der Waals surface area contributed by atoms with E-state index in [2.05, 4.69) is 4.72 Å². The van der Waals surface area contributed by atoms with Crippen molar-refractivity contribution in [2.45, 2.75) is 45.6 Å². The summed E-state index contributed by atoms with van der Waals surface area (Å²) in [5.74, 6) is 0.746. The fourth-order valence-electron chi connectivity index (χ4n) is 1.99. The van der Waals surface area contributed by atoms with Gasteiger partial charge in [0, 0.05) is 6.04 Å². The minimum absolute atomic E-state index is 0.128. The van der Waals surface area contributed by atoms with Gasteiger partial charge < -0.3 is 4.74 Å². The molecule has 18 heavy (non-hydrogen) atoms. The summed E-state index contributed by atoms with van der Waals surface area (Å²) in [5.41, 5.74) is 2.41. The Morgan fingerprint density at radius 3 is 2.17 bits per heavy atom. The van der Waals surface area contributed by atoms with Crippen LogP contribution in [0.15, 0.2) is 11.0 Å². The summed E-state index contributed by atoms with van der Waals surface area (Å²) in [6.45, 7) is 9.12. The third-order valence-corrected chi connectivity index (χ3v) is 4.65. The Morgan fingerprint density at radius 1 is 1.17 bits per heavy atom. The minimum Gasteiger partial charge on any atom is -0.496 e. The van der Waals surface area contributed by atoms with E-state index in [4.69, 9.17) is 4.74 Å². The number of aryl methyl sites for hydroxylation is 1. The Hall–Kier alpha value is -1.07. The molecule has 1 N–H and O–H groups in total. The largest absolute Gasteiger partial charge is 0.496 e. The van der Waals surface area contributed by atoms with E-state index in [9.17, 15) is 8.42 Å². The molecule has 0 heterocycles. The molecule has 0 fully saturated rings. The predicted molar refractivity (Wildman–Crippen MR) is 72.7 cm³/mol. The van der Waals surface area contributed by atoms with E-state index in [1.54, 1.807) is 33.9 Å². The monoisotopic (exact) mass is 271 g/mol. The van der Waals surface area contributed by atoms with Crippen LogP contribution in [0.3, 0.4) is 0 Å². The summed E-state index contributed by atoms with van der Waals surface area (Å²) in [6.07, 6.45) is 0. The third kappa shape index (κ3) is 2.84. The average molecular weight is 271 g/mol. The predicted octanol–water partition coefficient (Wildman–Crippen LogP) is 2.31. The van der Waals surface area contributed by atoms with E-state index >= 15 is 0 Å². The number of hydrogen-bond donors (Lipinski definition) is 1. The molecule has 102 valence electrons. The van der Waals surface area contributed by atoms with Crippen molar-refractivity contribution in [2.24, 2.45) is 0 Å². The average Bonchev–Trinajstić information content (AvgIpc) is 2.22. The molecule has 0 atom stereocenters. The van der Waals surface area contributed by atoms with Crippen molar-refractivity contribution in [3.05, 3.63) is 22.8 Å². The molecule has 1 aromatic carbocycles. The minimum atomic E-state index is -3.47. The Labute approximate surface area is 109 Å². The van der Waals surface area contributed by atoms with Gasteiger partial charge in [-0.3, -0.25) is 0 Å². The second kappa shape index (κ2) is 5.28. The summed E-state index contributed by atoms with van der Waals surface area (Å²) in [4.78, 5) is 0.326. The van der Waals surface area contributed by atoms with Crippen LogP contribution in [0.2, 0.25) is 0 Å². The van der Waals surface area contributed by atoms with Crippen LogP contribution < -0.4 is 9.46 Å². The van der Waals surface area contributed by atoms with Crippen molar-refractivity contribution < 1.29 is 13.2 Å². The Morgan fingerprint density at radius 2 is 1.72 bits per heavy atom. The van der Waals surface area contributed by atoms with Crippen LogP contribution >= 0.6 is 0 Å². The van der Waals surface area contributed by atoms with Crippen molar-refractivity contribution >= 4 is 10.0 Å². The molecular weight excluding hydrogens is 250 g/mol. The highest BCUT2D eigenvalue weighted by atomic mass is 32.2. The second-order valence-electron chi connectivity index (χ2n) is 4.75. The van der Waals surface area contributed by atoms with Gasteiger partial charge in [-0.05, 0) is 57.4 Å². The van der Waals surface area contributed by atoms with Crippen molar-refractivity contribution in [3.63, 3.8) is 0 Å². The molecule has 1 aromatic rings. The molecule has 0 saturated heterocycles. The summed E-state index contributed by atoms with van der Waals surface area (Å²) in [7, 11) is -1.87. The third-order valence-electron chi connectivity index (χ3n) is 2.86. The number of benzene rings is 1. The zero-order valence-corrected chi connectivity index (χ0v) is 12.6. The molecular formula is C13H21NO3S. The fraction of sp³-hybridized carbons (Fsp3) is 0.538. The molecule has 0 bridgehead atoms. The number of rotatable bonds is 4. The number of methoxy groups -OCH3 is 1. The van der Waals surface area contributed by atoms with E-state index in [1.165, 1.54) is 0 Å². The molecule has 1 rings (SSSR count). The summed E-state index contributed by atoms with van der Waals surface area (Å²) >= 11 is 0. The first-order valence-electron chi connectivity index (χ1n) is 5.87. The first-order chi connectivity index (χ1) is 8.20. The number of ether oxygens (including phenoxy) is 1. The SMILES string of the molecule is COc1c(C)cc(S(=O)(=O)NC(C)C)c(C)c1C. The summed E-state index contributed by atoms with van der Waals surface area (Å²) in [6, 6.07) is 1.53. The van der Waals surface area contributed by atoms with Crippen LogP contribution in [-0.4, -0.2) is 21.6 Å². The molecule has 0 aliphatic heterocycles. The standard InChI is InChI=1S/C13H21NO3S/c1-8(2)14-18(15,16)12-7-9(3)13(17-6)11(5)10(12)4/h7-8,14H,1-6H3. The maximum Gasteiger partial charge on any atom is 0.241 e. The van der Waals surface area contributed by atoms with Crippen molar-refractivity contribution in [1.29, 1.82) is 0 Å². The maximum atomic E-state index is 12.2. The molecule has 0 aliphatic carbocycles. The summed E-state index contributed by atoms with van der Waals surface area (Å²) < 4.78 is 32.3. The van der Waals surface area contributed by atoms with E-state index in [0.29, 0.717) is 4.90 Å². The van der Waals surface area contributed by atoms with Crippen LogP contribution in [0.4, 0.5) is 0 Å². The van der Waals surface area contributed by atoms with Crippen molar-refractivity contribution in [1.82, 2.24) is 4.72 Å². The van der Waals surface area contributed by atoms with Gasteiger partial charge in [0.25, 0.3) is 0 Å². The first-order valence-corrected chi connectivity index (χ1v) is 7.36. The second-order valence-corrected chi connectivity index (χ2v) is 6.43. The molecule has 0 aliphatic rings. The van der Waals surface area contributed by atoms with E-state index in [-0.39, 0.29) is 6.04 Å². The lowest BCUT2D eigenvalue weighted by Gasteiger charge is -2.17. The first kappa shape index (κ1) is 15.0.